The second-order valence-electron chi connectivity index (χ2n) is 5.39. The Labute approximate surface area is 127 Å². The minimum atomic E-state index is 0.451. The van der Waals surface area contributed by atoms with Crippen molar-refractivity contribution in [2.45, 2.75) is 6.04 Å². The third-order valence-corrected chi connectivity index (χ3v) is 4.05. The predicted octanol–water partition coefficient (Wildman–Crippen LogP) is 1.05. The summed E-state index contributed by atoms with van der Waals surface area (Å²) >= 11 is 0. The fraction of sp³-hybridized carbons (Fsp3) is 0.625. The van der Waals surface area contributed by atoms with Crippen LogP contribution in [0.2, 0.25) is 0 Å². The van der Waals surface area contributed by atoms with Gasteiger partial charge in [0.05, 0.1) is 13.7 Å². The standard InChI is InChI=1S/C16H27N3O2/c1-17-12-15(13-20-2)19-9-7-18(8-10-19)14-5-4-6-16(11-14)21-3/h4-6,11,15,17H,7-10,12-13H2,1-3H3. The Morgan fingerprint density at radius 2 is 1.95 bits per heavy atom. The zero-order valence-corrected chi connectivity index (χ0v) is 13.3. The number of ether oxygens (including phenoxy) is 2. The average molecular weight is 293 g/mol. The van der Waals surface area contributed by atoms with Crippen LogP contribution in [0.3, 0.4) is 0 Å². The molecule has 0 saturated carbocycles. The van der Waals surface area contributed by atoms with E-state index in [0.29, 0.717) is 6.04 Å². The highest BCUT2D eigenvalue weighted by Gasteiger charge is 2.23. The fourth-order valence-corrected chi connectivity index (χ4v) is 2.87. The van der Waals surface area contributed by atoms with Gasteiger partial charge in [-0.2, -0.15) is 0 Å². The lowest BCUT2D eigenvalue weighted by Crippen LogP contribution is -2.54. The van der Waals surface area contributed by atoms with Crippen LogP contribution < -0.4 is 15.0 Å². The summed E-state index contributed by atoms with van der Waals surface area (Å²) in [5.74, 6) is 0.919. The minimum absolute atomic E-state index is 0.451. The SMILES string of the molecule is CNCC(COC)N1CCN(c2cccc(OC)c2)CC1. The molecule has 0 amide bonds. The Balaban J connectivity index is 1.92. The van der Waals surface area contributed by atoms with E-state index in [1.165, 1.54) is 5.69 Å². The molecular formula is C16H27N3O2. The molecular weight excluding hydrogens is 266 g/mol. The van der Waals surface area contributed by atoms with E-state index in [0.717, 1.165) is 45.1 Å². The van der Waals surface area contributed by atoms with Crippen LogP contribution in [-0.4, -0.2) is 71.5 Å². The Hall–Kier alpha value is -1.30. The van der Waals surface area contributed by atoms with E-state index in [1.807, 2.05) is 13.1 Å². The van der Waals surface area contributed by atoms with Crippen molar-refractivity contribution in [3.63, 3.8) is 0 Å². The molecule has 1 aromatic rings. The Morgan fingerprint density at radius 1 is 1.19 bits per heavy atom. The molecule has 118 valence electrons. The number of nitrogens with one attached hydrogen (secondary N) is 1. The minimum Gasteiger partial charge on any atom is -0.497 e. The molecule has 1 aliphatic heterocycles. The highest BCUT2D eigenvalue weighted by Crippen LogP contribution is 2.22. The van der Waals surface area contributed by atoms with Gasteiger partial charge in [0.2, 0.25) is 0 Å². The Bertz CT molecular complexity index is 414. The summed E-state index contributed by atoms with van der Waals surface area (Å²) in [5, 5.41) is 3.26. The quantitative estimate of drug-likeness (QED) is 0.813. The smallest absolute Gasteiger partial charge is 0.120 e. The second-order valence-corrected chi connectivity index (χ2v) is 5.39. The molecule has 0 spiro atoms. The van der Waals surface area contributed by atoms with E-state index in [-0.39, 0.29) is 0 Å². The summed E-state index contributed by atoms with van der Waals surface area (Å²) in [5.41, 5.74) is 1.24. The van der Waals surface area contributed by atoms with Crippen LogP contribution in [-0.2, 0) is 4.74 Å². The number of anilines is 1. The Kier molecular flexibility index (Phi) is 6.29. The molecule has 21 heavy (non-hydrogen) atoms. The van der Waals surface area contributed by atoms with Gasteiger partial charge in [0.15, 0.2) is 0 Å². The largest absolute Gasteiger partial charge is 0.497 e. The normalized spacial score (nSPS) is 17.8. The van der Waals surface area contributed by atoms with Crippen molar-refractivity contribution in [2.75, 3.05) is 65.5 Å². The van der Waals surface area contributed by atoms with Crippen molar-refractivity contribution in [2.24, 2.45) is 0 Å². The molecule has 0 aromatic heterocycles. The van der Waals surface area contributed by atoms with Gasteiger partial charge in [0, 0.05) is 57.6 Å². The van der Waals surface area contributed by atoms with Gasteiger partial charge >= 0.3 is 0 Å². The van der Waals surface area contributed by atoms with Crippen LogP contribution in [0, 0.1) is 0 Å². The first-order chi connectivity index (χ1) is 10.3. The van der Waals surface area contributed by atoms with Gasteiger partial charge in [-0.3, -0.25) is 4.90 Å². The van der Waals surface area contributed by atoms with Crippen LogP contribution in [0.25, 0.3) is 0 Å². The first kappa shape index (κ1) is 16.1. The molecule has 1 unspecified atom stereocenters. The summed E-state index contributed by atoms with van der Waals surface area (Å²) in [7, 11) is 5.48. The number of benzene rings is 1. The van der Waals surface area contributed by atoms with Gasteiger partial charge < -0.3 is 19.7 Å². The monoisotopic (exact) mass is 293 g/mol. The summed E-state index contributed by atoms with van der Waals surface area (Å²) < 4.78 is 10.6. The number of piperazine rings is 1. The molecule has 1 heterocycles. The molecule has 1 aromatic carbocycles. The summed E-state index contributed by atoms with van der Waals surface area (Å²) in [4.78, 5) is 4.93. The highest BCUT2D eigenvalue weighted by atomic mass is 16.5. The van der Waals surface area contributed by atoms with Crippen LogP contribution in [0.15, 0.2) is 24.3 Å². The number of methoxy groups -OCH3 is 2. The lowest BCUT2D eigenvalue weighted by molar-refractivity contribution is 0.0862. The van der Waals surface area contributed by atoms with E-state index in [4.69, 9.17) is 9.47 Å². The molecule has 5 nitrogen and oxygen atoms in total. The van der Waals surface area contributed by atoms with E-state index in [9.17, 15) is 0 Å². The van der Waals surface area contributed by atoms with Crippen molar-refractivity contribution in [3.8, 4) is 5.75 Å². The average Bonchev–Trinajstić information content (AvgIpc) is 2.55. The molecule has 1 atom stereocenters. The van der Waals surface area contributed by atoms with Gasteiger partial charge in [-0.25, -0.2) is 0 Å². The molecule has 2 rings (SSSR count). The third kappa shape index (κ3) is 4.33. The molecule has 1 fully saturated rings. The fourth-order valence-electron chi connectivity index (χ4n) is 2.87. The maximum atomic E-state index is 5.34. The topological polar surface area (TPSA) is 37.0 Å². The molecule has 1 aliphatic rings. The maximum absolute atomic E-state index is 5.34. The van der Waals surface area contributed by atoms with Crippen LogP contribution in [0.5, 0.6) is 5.75 Å². The lowest BCUT2D eigenvalue weighted by Gasteiger charge is -2.40. The van der Waals surface area contributed by atoms with Crippen LogP contribution in [0.4, 0.5) is 5.69 Å². The van der Waals surface area contributed by atoms with Crippen molar-refractivity contribution in [1.29, 1.82) is 0 Å². The van der Waals surface area contributed by atoms with Crippen molar-refractivity contribution >= 4 is 5.69 Å². The second kappa shape index (κ2) is 8.22. The first-order valence-corrected chi connectivity index (χ1v) is 7.55. The van der Waals surface area contributed by atoms with Gasteiger partial charge in [0.25, 0.3) is 0 Å². The summed E-state index contributed by atoms with van der Waals surface area (Å²) in [6.45, 7) is 5.95. The van der Waals surface area contributed by atoms with Gasteiger partial charge in [0.1, 0.15) is 5.75 Å². The first-order valence-electron chi connectivity index (χ1n) is 7.55. The van der Waals surface area contributed by atoms with Gasteiger partial charge in [-0.05, 0) is 19.2 Å². The molecule has 1 saturated heterocycles. The van der Waals surface area contributed by atoms with Crippen molar-refractivity contribution < 1.29 is 9.47 Å². The number of hydrogen-bond acceptors (Lipinski definition) is 5. The van der Waals surface area contributed by atoms with E-state index in [2.05, 4.69) is 33.3 Å². The zero-order valence-electron chi connectivity index (χ0n) is 13.3. The summed E-state index contributed by atoms with van der Waals surface area (Å²) in [6, 6.07) is 8.75. The number of hydrogen-bond donors (Lipinski definition) is 1. The van der Waals surface area contributed by atoms with E-state index >= 15 is 0 Å². The number of likely N-dealkylation sites (N-methyl/N-ethyl adjacent to an activating group) is 1. The summed E-state index contributed by atoms with van der Waals surface area (Å²) in [6.07, 6.45) is 0. The highest BCUT2D eigenvalue weighted by molar-refractivity contribution is 5.51. The number of rotatable bonds is 7. The Morgan fingerprint density at radius 3 is 2.57 bits per heavy atom. The third-order valence-electron chi connectivity index (χ3n) is 4.05. The van der Waals surface area contributed by atoms with E-state index in [1.54, 1.807) is 14.2 Å². The van der Waals surface area contributed by atoms with Crippen LogP contribution in [0.1, 0.15) is 0 Å². The van der Waals surface area contributed by atoms with Crippen molar-refractivity contribution in [3.05, 3.63) is 24.3 Å². The molecule has 0 aliphatic carbocycles. The van der Waals surface area contributed by atoms with Gasteiger partial charge in [-0.15, -0.1) is 0 Å². The van der Waals surface area contributed by atoms with Crippen molar-refractivity contribution in [1.82, 2.24) is 10.2 Å². The molecule has 0 radical (unpaired) electrons. The maximum Gasteiger partial charge on any atom is 0.120 e. The lowest BCUT2D eigenvalue weighted by atomic mass is 10.2. The predicted molar refractivity (Wildman–Crippen MR) is 86.4 cm³/mol. The molecule has 1 N–H and O–H groups in total. The molecule has 0 bridgehead atoms. The number of nitrogens with zero attached hydrogens (tertiary/aromatic N) is 2. The van der Waals surface area contributed by atoms with E-state index < -0.39 is 0 Å². The zero-order chi connectivity index (χ0) is 15.1. The van der Waals surface area contributed by atoms with Crippen LogP contribution >= 0.6 is 0 Å². The van der Waals surface area contributed by atoms with Gasteiger partial charge in [-0.1, -0.05) is 6.07 Å². The molecule has 5 heteroatoms.